The van der Waals surface area contributed by atoms with Crippen LogP contribution in [0.1, 0.15) is 0 Å². The lowest BCUT2D eigenvalue weighted by molar-refractivity contribution is -0.113. The minimum atomic E-state index is -0.0979. The number of aromatic nitrogens is 3. The van der Waals surface area contributed by atoms with Gasteiger partial charge in [-0.25, -0.2) is 0 Å². The lowest BCUT2D eigenvalue weighted by Gasteiger charge is -2.11. The van der Waals surface area contributed by atoms with Crippen LogP contribution in [-0.2, 0) is 11.8 Å². The third-order valence-electron chi connectivity index (χ3n) is 4.78. The van der Waals surface area contributed by atoms with E-state index in [2.05, 4.69) is 15.5 Å². The summed E-state index contributed by atoms with van der Waals surface area (Å²) in [7, 11) is 3.52. The Morgan fingerprint density at radius 2 is 1.71 bits per heavy atom. The topological polar surface area (TPSA) is 69.0 Å². The number of rotatable bonds is 7. The van der Waals surface area contributed by atoms with Crippen molar-refractivity contribution in [3.05, 3.63) is 78.9 Å². The molecule has 0 unspecified atom stereocenters. The smallest absolute Gasteiger partial charge is 0.234 e. The lowest BCUT2D eigenvalue weighted by Crippen LogP contribution is -2.15. The minimum Gasteiger partial charge on any atom is -0.497 e. The molecular weight excluding hydrogens is 408 g/mol. The monoisotopic (exact) mass is 430 g/mol. The van der Waals surface area contributed by atoms with Crippen LogP contribution in [-0.4, -0.2) is 33.5 Å². The number of carbonyl (C=O) groups is 1. The van der Waals surface area contributed by atoms with Crippen molar-refractivity contribution < 1.29 is 9.53 Å². The van der Waals surface area contributed by atoms with Gasteiger partial charge >= 0.3 is 0 Å². The number of anilines is 1. The van der Waals surface area contributed by atoms with Crippen molar-refractivity contribution in [2.24, 2.45) is 7.05 Å². The number of amides is 1. The molecule has 0 fully saturated rings. The second kappa shape index (κ2) is 9.49. The Morgan fingerprint density at radius 3 is 2.52 bits per heavy atom. The normalized spacial score (nSPS) is 10.6. The molecule has 3 aromatic carbocycles. The number of carbonyl (C=O) groups excluding carboxylic acids is 1. The van der Waals surface area contributed by atoms with E-state index in [1.54, 1.807) is 7.11 Å². The number of thioether (sulfide) groups is 1. The maximum Gasteiger partial charge on any atom is 0.234 e. The molecule has 0 spiro atoms. The molecular formula is C24H22N4O2S. The van der Waals surface area contributed by atoms with Gasteiger partial charge in [0.15, 0.2) is 11.0 Å². The fraction of sp³-hybridized carbons (Fsp3) is 0.125. The average Bonchev–Trinajstić information content (AvgIpc) is 3.19. The van der Waals surface area contributed by atoms with Gasteiger partial charge in [-0.3, -0.25) is 4.79 Å². The summed E-state index contributed by atoms with van der Waals surface area (Å²) < 4.78 is 7.16. The molecule has 1 heterocycles. The van der Waals surface area contributed by atoms with Crippen LogP contribution in [0, 0.1) is 0 Å². The fourth-order valence-electron chi connectivity index (χ4n) is 3.23. The van der Waals surface area contributed by atoms with Gasteiger partial charge in [0.25, 0.3) is 0 Å². The molecule has 1 amide bonds. The Kier molecular flexibility index (Phi) is 6.33. The highest BCUT2D eigenvalue weighted by Crippen LogP contribution is 2.28. The van der Waals surface area contributed by atoms with E-state index in [4.69, 9.17) is 4.74 Å². The van der Waals surface area contributed by atoms with Gasteiger partial charge in [-0.2, -0.15) is 0 Å². The van der Waals surface area contributed by atoms with Crippen LogP contribution in [0.25, 0.3) is 22.5 Å². The number of hydrogen-bond acceptors (Lipinski definition) is 5. The van der Waals surface area contributed by atoms with Crippen molar-refractivity contribution in [2.75, 3.05) is 18.2 Å². The van der Waals surface area contributed by atoms with Gasteiger partial charge in [-0.1, -0.05) is 72.4 Å². The van der Waals surface area contributed by atoms with Crippen molar-refractivity contribution in [3.63, 3.8) is 0 Å². The third kappa shape index (κ3) is 4.78. The first-order valence-corrected chi connectivity index (χ1v) is 10.7. The molecule has 0 saturated carbocycles. The van der Waals surface area contributed by atoms with Gasteiger partial charge in [-0.15, -0.1) is 10.2 Å². The first-order valence-electron chi connectivity index (χ1n) is 9.76. The van der Waals surface area contributed by atoms with E-state index in [9.17, 15) is 4.79 Å². The van der Waals surface area contributed by atoms with Gasteiger partial charge < -0.3 is 14.6 Å². The highest BCUT2D eigenvalue weighted by atomic mass is 32.2. The van der Waals surface area contributed by atoms with Gasteiger partial charge in [-0.05, 0) is 23.8 Å². The van der Waals surface area contributed by atoms with E-state index in [1.165, 1.54) is 11.8 Å². The van der Waals surface area contributed by atoms with Crippen molar-refractivity contribution in [1.29, 1.82) is 0 Å². The number of ether oxygens (including phenoxy) is 1. The molecule has 0 aliphatic heterocycles. The summed E-state index contributed by atoms with van der Waals surface area (Å²) in [5, 5.41) is 12.2. The van der Waals surface area contributed by atoms with Crippen molar-refractivity contribution in [1.82, 2.24) is 14.8 Å². The molecule has 0 aliphatic carbocycles. The average molecular weight is 431 g/mol. The number of para-hydroxylation sites is 1. The predicted octanol–water partition coefficient (Wildman–Crippen LogP) is 4.89. The summed E-state index contributed by atoms with van der Waals surface area (Å²) in [5.74, 6) is 1.61. The van der Waals surface area contributed by atoms with Gasteiger partial charge in [0.2, 0.25) is 5.91 Å². The first-order chi connectivity index (χ1) is 15.2. The maximum absolute atomic E-state index is 12.6. The van der Waals surface area contributed by atoms with E-state index in [0.29, 0.717) is 5.16 Å². The Hall–Kier alpha value is -3.58. The molecule has 6 nitrogen and oxygen atoms in total. The number of methoxy groups -OCH3 is 1. The van der Waals surface area contributed by atoms with Crippen LogP contribution in [0.3, 0.4) is 0 Å². The number of nitrogens with zero attached hydrogens (tertiary/aromatic N) is 3. The highest BCUT2D eigenvalue weighted by Gasteiger charge is 2.14. The summed E-state index contributed by atoms with van der Waals surface area (Å²) in [6.45, 7) is 0. The van der Waals surface area contributed by atoms with Gasteiger partial charge in [0.05, 0.1) is 12.9 Å². The van der Waals surface area contributed by atoms with Crippen molar-refractivity contribution in [3.8, 4) is 28.3 Å². The number of nitrogens with one attached hydrogen (secondary N) is 1. The molecule has 0 radical (unpaired) electrons. The van der Waals surface area contributed by atoms with E-state index in [-0.39, 0.29) is 11.7 Å². The second-order valence-corrected chi connectivity index (χ2v) is 7.79. The molecule has 4 aromatic rings. The third-order valence-corrected chi connectivity index (χ3v) is 5.80. The molecule has 0 bridgehead atoms. The fourth-order valence-corrected chi connectivity index (χ4v) is 3.94. The molecule has 1 N–H and O–H groups in total. The summed E-state index contributed by atoms with van der Waals surface area (Å²) in [6, 6.07) is 25.4. The van der Waals surface area contributed by atoms with Gasteiger partial charge in [0, 0.05) is 23.9 Å². The minimum absolute atomic E-state index is 0.0979. The predicted molar refractivity (Wildman–Crippen MR) is 124 cm³/mol. The molecule has 0 aliphatic rings. The molecule has 31 heavy (non-hydrogen) atoms. The highest BCUT2D eigenvalue weighted by molar-refractivity contribution is 7.99. The summed E-state index contributed by atoms with van der Waals surface area (Å²) in [4.78, 5) is 12.6. The van der Waals surface area contributed by atoms with E-state index >= 15 is 0 Å². The molecule has 1 aromatic heterocycles. The van der Waals surface area contributed by atoms with Crippen LogP contribution in [0.4, 0.5) is 5.69 Å². The summed E-state index contributed by atoms with van der Waals surface area (Å²) in [6.07, 6.45) is 0. The van der Waals surface area contributed by atoms with Crippen LogP contribution < -0.4 is 10.1 Å². The van der Waals surface area contributed by atoms with Crippen LogP contribution in [0.5, 0.6) is 5.75 Å². The van der Waals surface area contributed by atoms with Crippen LogP contribution in [0.15, 0.2) is 84.0 Å². The number of hydrogen-bond donors (Lipinski definition) is 1. The lowest BCUT2D eigenvalue weighted by atomic mass is 10.0. The van der Waals surface area contributed by atoms with Crippen LogP contribution in [0.2, 0.25) is 0 Å². The van der Waals surface area contributed by atoms with Gasteiger partial charge in [0.1, 0.15) is 5.75 Å². The Bertz CT molecular complexity index is 1190. The molecule has 0 saturated heterocycles. The van der Waals surface area contributed by atoms with E-state index in [0.717, 1.165) is 34.0 Å². The van der Waals surface area contributed by atoms with Crippen molar-refractivity contribution in [2.45, 2.75) is 5.16 Å². The molecule has 0 atom stereocenters. The van der Waals surface area contributed by atoms with Crippen molar-refractivity contribution >= 4 is 23.4 Å². The zero-order valence-electron chi connectivity index (χ0n) is 17.3. The Balaban J connectivity index is 1.44. The largest absolute Gasteiger partial charge is 0.497 e. The standard InChI is InChI=1S/C24H22N4O2S/c1-28-23(18-11-8-12-19(15-18)30-2)26-27-24(28)31-16-22(29)25-21-14-7-6-13-20(21)17-9-4-3-5-10-17/h3-15H,16H2,1-2H3,(H,25,29). The zero-order valence-corrected chi connectivity index (χ0v) is 18.1. The van der Waals surface area contributed by atoms with E-state index in [1.807, 2.05) is 90.5 Å². The molecule has 156 valence electrons. The molecule has 4 rings (SSSR count). The summed E-state index contributed by atoms with van der Waals surface area (Å²) in [5.41, 5.74) is 3.74. The summed E-state index contributed by atoms with van der Waals surface area (Å²) >= 11 is 1.35. The molecule has 7 heteroatoms. The Labute approximate surface area is 185 Å². The first kappa shape index (κ1) is 20.7. The quantitative estimate of drug-likeness (QED) is 0.423. The zero-order chi connectivity index (χ0) is 21.6. The number of benzene rings is 3. The SMILES string of the molecule is COc1cccc(-c2nnc(SCC(=O)Nc3ccccc3-c3ccccc3)n2C)c1. The van der Waals surface area contributed by atoms with Crippen LogP contribution >= 0.6 is 11.8 Å². The maximum atomic E-state index is 12.6. The van der Waals surface area contributed by atoms with E-state index < -0.39 is 0 Å². The Morgan fingerprint density at radius 1 is 0.968 bits per heavy atom. The second-order valence-electron chi connectivity index (χ2n) is 6.85.